The number of nitrogens with zero attached hydrogens (tertiary/aromatic N) is 1. The van der Waals surface area contributed by atoms with E-state index < -0.39 is 16.8 Å². The first-order valence-electron chi connectivity index (χ1n) is 10.6. The third-order valence-electron chi connectivity index (χ3n) is 6.26. The predicted molar refractivity (Wildman–Crippen MR) is 111 cm³/mol. The summed E-state index contributed by atoms with van der Waals surface area (Å²) in [7, 11) is 0. The lowest BCUT2D eigenvalue weighted by molar-refractivity contribution is -0.384. The van der Waals surface area contributed by atoms with Crippen LogP contribution in [0.2, 0.25) is 0 Å². The Morgan fingerprint density at radius 1 is 1.10 bits per heavy atom. The van der Waals surface area contributed by atoms with Crippen molar-refractivity contribution in [2.45, 2.75) is 70.3 Å². The molecule has 7 nitrogen and oxygen atoms in total. The molecule has 1 aromatic rings. The third kappa shape index (κ3) is 3.88. The number of hydrogen-bond donors (Lipinski definition) is 1. The average Bonchev–Trinajstić information content (AvgIpc) is 2.73. The minimum atomic E-state index is -0.564. The SMILES string of the molecule is CC1=C(C(=O)OC2CCCCC2)[C@@H](c2ccc([N+](=O)[O-])cc2)C2=C(CCCC2=O)N1. The molecule has 2 aliphatic carbocycles. The van der Waals surface area contributed by atoms with E-state index in [-0.39, 0.29) is 17.6 Å². The number of nitro groups is 1. The molecule has 1 N–H and O–H groups in total. The van der Waals surface area contributed by atoms with E-state index in [1.54, 1.807) is 12.1 Å². The number of dihydropyridines is 1. The molecule has 7 heteroatoms. The number of esters is 1. The van der Waals surface area contributed by atoms with Gasteiger partial charge in [0.2, 0.25) is 0 Å². The van der Waals surface area contributed by atoms with Crippen molar-refractivity contribution in [2.75, 3.05) is 0 Å². The van der Waals surface area contributed by atoms with Gasteiger partial charge in [-0.05, 0) is 51.0 Å². The number of ketones is 1. The fraction of sp³-hybridized carbons (Fsp3) is 0.478. The molecule has 1 aliphatic heterocycles. The summed E-state index contributed by atoms with van der Waals surface area (Å²) in [5, 5.41) is 14.3. The molecule has 0 amide bonds. The third-order valence-corrected chi connectivity index (χ3v) is 6.26. The normalized spacial score (nSPS) is 22.4. The highest BCUT2D eigenvalue weighted by atomic mass is 16.6. The highest BCUT2D eigenvalue weighted by Crippen LogP contribution is 2.43. The number of carbonyl (C=O) groups excluding carboxylic acids is 2. The van der Waals surface area contributed by atoms with Gasteiger partial charge in [0, 0.05) is 41.4 Å². The van der Waals surface area contributed by atoms with Crippen LogP contribution in [0.25, 0.3) is 0 Å². The highest BCUT2D eigenvalue weighted by Gasteiger charge is 2.39. The maximum absolute atomic E-state index is 13.3. The fourth-order valence-electron chi connectivity index (χ4n) is 4.77. The number of ether oxygens (including phenoxy) is 1. The van der Waals surface area contributed by atoms with Crippen molar-refractivity contribution in [2.24, 2.45) is 0 Å². The van der Waals surface area contributed by atoms with Gasteiger partial charge in [0.15, 0.2) is 5.78 Å². The van der Waals surface area contributed by atoms with Crippen LogP contribution in [0.1, 0.15) is 69.8 Å². The van der Waals surface area contributed by atoms with E-state index in [0.717, 1.165) is 50.6 Å². The Kier molecular flexibility index (Phi) is 5.70. The number of nitro benzene ring substituents is 1. The molecular formula is C23H26N2O5. The van der Waals surface area contributed by atoms with Gasteiger partial charge in [-0.25, -0.2) is 4.79 Å². The molecule has 0 radical (unpaired) electrons. The number of rotatable bonds is 4. The summed E-state index contributed by atoms with van der Waals surface area (Å²) in [5.74, 6) is -0.950. The molecule has 30 heavy (non-hydrogen) atoms. The summed E-state index contributed by atoms with van der Waals surface area (Å²) >= 11 is 0. The summed E-state index contributed by atoms with van der Waals surface area (Å²) in [4.78, 5) is 36.7. The Balaban J connectivity index is 1.73. The van der Waals surface area contributed by atoms with Crippen LogP contribution in [0.3, 0.4) is 0 Å². The molecule has 3 aliphatic rings. The maximum Gasteiger partial charge on any atom is 0.337 e. The zero-order valence-electron chi connectivity index (χ0n) is 17.1. The predicted octanol–water partition coefficient (Wildman–Crippen LogP) is 4.44. The van der Waals surface area contributed by atoms with Crippen LogP contribution < -0.4 is 5.32 Å². The number of non-ortho nitro benzene ring substituents is 1. The number of nitrogens with one attached hydrogen (secondary N) is 1. The summed E-state index contributed by atoms with van der Waals surface area (Å²) in [5.41, 5.74) is 3.23. The van der Waals surface area contributed by atoms with Gasteiger partial charge in [0.25, 0.3) is 5.69 Å². The van der Waals surface area contributed by atoms with Crippen molar-refractivity contribution >= 4 is 17.4 Å². The van der Waals surface area contributed by atoms with E-state index in [1.807, 2.05) is 6.92 Å². The summed E-state index contributed by atoms with van der Waals surface area (Å²) in [6.07, 6.45) is 6.84. The molecule has 1 heterocycles. The number of carbonyl (C=O) groups is 2. The van der Waals surface area contributed by atoms with Gasteiger partial charge in [-0.3, -0.25) is 14.9 Å². The monoisotopic (exact) mass is 410 g/mol. The van der Waals surface area contributed by atoms with Crippen molar-refractivity contribution in [1.29, 1.82) is 0 Å². The van der Waals surface area contributed by atoms with Gasteiger partial charge in [0.1, 0.15) is 6.10 Å². The Morgan fingerprint density at radius 2 is 1.80 bits per heavy atom. The smallest absolute Gasteiger partial charge is 0.337 e. The first-order chi connectivity index (χ1) is 14.5. The molecule has 0 aromatic heterocycles. The molecule has 1 aromatic carbocycles. The van der Waals surface area contributed by atoms with E-state index in [2.05, 4.69) is 5.32 Å². The molecule has 0 saturated heterocycles. The molecule has 4 rings (SSSR count). The van der Waals surface area contributed by atoms with E-state index in [4.69, 9.17) is 4.74 Å². The lowest BCUT2D eigenvalue weighted by atomic mass is 9.75. The first-order valence-corrected chi connectivity index (χ1v) is 10.6. The van der Waals surface area contributed by atoms with E-state index in [1.165, 1.54) is 12.1 Å². The van der Waals surface area contributed by atoms with Gasteiger partial charge in [0.05, 0.1) is 10.5 Å². The Labute approximate surface area is 175 Å². The molecule has 1 atom stereocenters. The van der Waals surface area contributed by atoms with E-state index >= 15 is 0 Å². The lowest BCUT2D eigenvalue weighted by Gasteiger charge is -2.35. The number of Topliss-reactive ketones (excluding diaryl/α,β-unsaturated/α-hetero) is 1. The number of benzene rings is 1. The quantitative estimate of drug-likeness (QED) is 0.448. The molecule has 0 bridgehead atoms. The van der Waals surface area contributed by atoms with Crippen molar-refractivity contribution in [3.63, 3.8) is 0 Å². The van der Waals surface area contributed by atoms with E-state index in [0.29, 0.717) is 28.8 Å². The van der Waals surface area contributed by atoms with Crippen LogP contribution in [0.15, 0.2) is 46.8 Å². The number of allylic oxidation sites excluding steroid dienone is 3. The second-order valence-electron chi connectivity index (χ2n) is 8.28. The summed E-state index contributed by atoms with van der Waals surface area (Å²) in [6, 6.07) is 6.12. The Bertz CT molecular complexity index is 939. The standard InChI is InChI=1S/C23H26N2O5/c1-14-20(23(27)30-17-6-3-2-4-7-17)21(15-10-12-16(13-11-15)25(28)29)22-18(24-14)8-5-9-19(22)26/h10-13,17,21,24H,2-9H2,1H3/t21-/m1/s1. The largest absolute Gasteiger partial charge is 0.459 e. The summed E-state index contributed by atoms with van der Waals surface area (Å²) in [6.45, 7) is 1.83. The average molecular weight is 410 g/mol. The Hall–Kier alpha value is -2.96. The van der Waals surface area contributed by atoms with Crippen molar-refractivity contribution in [3.05, 3.63) is 62.5 Å². The van der Waals surface area contributed by atoms with Crippen LogP contribution in [0.5, 0.6) is 0 Å². The van der Waals surface area contributed by atoms with Crippen LogP contribution in [0, 0.1) is 10.1 Å². The van der Waals surface area contributed by atoms with Gasteiger partial charge < -0.3 is 10.1 Å². The van der Waals surface area contributed by atoms with Gasteiger partial charge >= 0.3 is 5.97 Å². The minimum Gasteiger partial charge on any atom is -0.459 e. The van der Waals surface area contributed by atoms with Crippen molar-refractivity contribution in [3.8, 4) is 0 Å². The second-order valence-corrected chi connectivity index (χ2v) is 8.28. The van der Waals surface area contributed by atoms with Crippen LogP contribution in [-0.2, 0) is 14.3 Å². The number of hydrogen-bond acceptors (Lipinski definition) is 6. The van der Waals surface area contributed by atoms with E-state index in [9.17, 15) is 19.7 Å². The highest BCUT2D eigenvalue weighted by molar-refractivity contribution is 6.03. The van der Waals surface area contributed by atoms with Crippen molar-refractivity contribution < 1.29 is 19.2 Å². The minimum absolute atomic E-state index is 0.0163. The van der Waals surface area contributed by atoms with Crippen LogP contribution >= 0.6 is 0 Å². The molecule has 1 saturated carbocycles. The summed E-state index contributed by atoms with van der Waals surface area (Å²) < 4.78 is 5.85. The molecular weight excluding hydrogens is 384 g/mol. The molecule has 158 valence electrons. The zero-order valence-corrected chi connectivity index (χ0v) is 17.1. The van der Waals surface area contributed by atoms with Gasteiger partial charge in [-0.1, -0.05) is 18.6 Å². The van der Waals surface area contributed by atoms with Crippen LogP contribution in [0.4, 0.5) is 5.69 Å². The van der Waals surface area contributed by atoms with Crippen molar-refractivity contribution in [1.82, 2.24) is 5.32 Å². The van der Waals surface area contributed by atoms with Crippen LogP contribution in [-0.4, -0.2) is 22.8 Å². The zero-order chi connectivity index (χ0) is 21.3. The topological polar surface area (TPSA) is 98.5 Å². The first kappa shape index (κ1) is 20.3. The fourth-order valence-corrected chi connectivity index (χ4v) is 4.77. The van der Waals surface area contributed by atoms with Gasteiger partial charge in [-0.2, -0.15) is 0 Å². The molecule has 0 unspecified atom stereocenters. The van der Waals surface area contributed by atoms with Gasteiger partial charge in [-0.15, -0.1) is 0 Å². The Morgan fingerprint density at radius 3 is 2.47 bits per heavy atom. The molecule has 0 spiro atoms. The lowest BCUT2D eigenvalue weighted by Crippen LogP contribution is -2.35. The molecule has 1 fully saturated rings. The second kappa shape index (κ2) is 8.42. The maximum atomic E-state index is 13.3.